The zero-order valence-corrected chi connectivity index (χ0v) is 13.4. The lowest BCUT2D eigenvalue weighted by Gasteiger charge is -2.23. The second-order valence-corrected chi connectivity index (χ2v) is 6.77. The number of nitrogens with zero attached hydrogens (tertiary/aromatic N) is 1. The first-order valence-electron chi connectivity index (χ1n) is 6.83. The van der Waals surface area contributed by atoms with Crippen LogP contribution in [0.3, 0.4) is 0 Å². The number of hydrogen-bond acceptors (Lipinski definition) is 5. The number of esters is 1. The standard InChI is InChI=1S/C15H24N2O2S/c1-5-11(16)14(12-8-6-7-9-17-12)20-10-13(18)19-15(2,3)4/h6-9,11,14H,5,10,16H2,1-4H3. The first kappa shape index (κ1) is 17.0. The second kappa shape index (κ2) is 7.64. The van der Waals surface area contributed by atoms with E-state index in [9.17, 15) is 4.79 Å². The Kier molecular flexibility index (Phi) is 6.49. The third-order valence-electron chi connectivity index (χ3n) is 2.64. The minimum Gasteiger partial charge on any atom is -0.459 e. The van der Waals surface area contributed by atoms with Gasteiger partial charge in [-0.05, 0) is 39.3 Å². The molecule has 2 unspecified atom stereocenters. The number of nitrogens with two attached hydrogens (primary N) is 1. The number of pyridine rings is 1. The Labute approximate surface area is 125 Å². The zero-order chi connectivity index (χ0) is 15.2. The van der Waals surface area contributed by atoms with E-state index in [1.165, 1.54) is 11.8 Å². The molecular weight excluding hydrogens is 272 g/mol. The smallest absolute Gasteiger partial charge is 0.316 e. The Hall–Kier alpha value is -1.07. The molecule has 0 aliphatic heterocycles. The van der Waals surface area contributed by atoms with Crippen LogP contribution < -0.4 is 5.73 Å². The first-order chi connectivity index (χ1) is 9.33. The van der Waals surface area contributed by atoms with Crippen LogP contribution in [0.5, 0.6) is 0 Å². The third kappa shape index (κ3) is 5.92. The lowest BCUT2D eigenvalue weighted by atomic mass is 10.1. The quantitative estimate of drug-likeness (QED) is 0.818. The topological polar surface area (TPSA) is 65.2 Å². The molecule has 1 rings (SSSR count). The molecule has 0 spiro atoms. The Balaban J connectivity index is 2.66. The number of rotatable bonds is 6. The second-order valence-electron chi connectivity index (χ2n) is 5.64. The van der Waals surface area contributed by atoms with Crippen LogP contribution in [0.25, 0.3) is 0 Å². The molecule has 0 aliphatic carbocycles. The normalized spacial score (nSPS) is 14.7. The van der Waals surface area contributed by atoms with Gasteiger partial charge in [-0.3, -0.25) is 9.78 Å². The highest BCUT2D eigenvalue weighted by molar-refractivity contribution is 8.00. The number of thioether (sulfide) groups is 1. The van der Waals surface area contributed by atoms with Gasteiger partial charge in [0.2, 0.25) is 0 Å². The van der Waals surface area contributed by atoms with Crippen molar-refractivity contribution < 1.29 is 9.53 Å². The van der Waals surface area contributed by atoms with Gasteiger partial charge in [0, 0.05) is 12.2 Å². The number of hydrogen-bond donors (Lipinski definition) is 1. The summed E-state index contributed by atoms with van der Waals surface area (Å²) in [5, 5.41) is 0.00807. The van der Waals surface area contributed by atoms with Crippen molar-refractivity contribution >= 4 is 17.7 Å². The first-order valence-corrected chi connectivity index (χ1v) is 7.88. The van der Waals surface area contributed by atoms with Crippen molar-refractivity contribution in [2.45, 2.75) is 51.0 Å². The summed E-state index contributed by atoms with van der Waals surface area (Å²) in [5.41, 5.74) is 6.61. The van der Waals surface area contributed by atoms with Gasteiger partial charge in [0.15, 0.2) is 0 Å². The summed E-state index contributed by atoms with van der Waals surface area (Å²) in [6.07, 6.45) is 2.58. The molecule has 1 aromatic rings. The van der Waals surface area contributed by atoms with Gasteiger partial charge in [0.1, 0.15) is 5.60 Å². The van der Waals surface area contributed by atoms with E-state index in [4.69, 9.17) is 10.5 Å². The van der Waals surface area contributed by atoms with E-state index in [0.29, 0.717) is 0 Å². The van der Waals surface area contributed by atoms with E-state index < -0.39 is 5.60 Å². The molecule has 5 heteroatoms. The van der Waals surface area contributed by atoms with Gasteiger partial charge in [-0.25, -0.2) is 0 Å². The van der Waals surface area contributed by atoms with Crippen molar-refractivity contribution in [1.82, 2.24) is 4.98 Å². The van der Waals surface area contributed by atoms with E-state index in [2.05, 4.69) is 4.98 Å². The number of carbonyl (C=O) groups excluding carboxylic acids is 1. The molecule has 0 saturated carbocycles. The van der Waals surface area contributed by atoms with Crippen LogP contribution in [0.4, 0.5) is 0 Å². The largest absolute Gasteiger partial charge is 0.459 e. The summed E-state index contributed by atoms with van der Waals surface area (Å²) in [5.74, 6) is 0.0680. The minimum absolute atomic E-state index is 0.00807. The summed E-state index contributed by atoms with van der Waals surface area (Å²) in [7, 11) is 0. The van der Waals surface area contributed by atoms with Crippen molar-refractivity contribution in [3.8, 4) is 0 Å². The van der Waals surface area contributed by atoms with Crippen LogP contribution in [-0.4, -0.2) is 28.3 Å². The summed E-state index contributed by atoms with van der Waals surface area (Å²) in [6, 6.07) is 5.72. The summed E-state index contributed by atoms with van der Waals surface area (Å²) >= 11 is 1.49. The van der Waals surface area contributed by atoms with Gasteiger partial charge in [0.25, 0.3) is 0 Å². The van der Waals surface area contributed by atoms with Crippen LogP contribution in [0, 0.1) is 0 Å². The van der Waals surface area contributed by atoms with Crippen molar-refractivity contribution in [2.75, 3.05) is 5.75 Å². The molecule has 1 aromatic heterocycles. The summed E-state index contributed by atoms with van der Waals surface area (Å²) in [4.78, 5) is 16.1. The van der Waals surface area contributed by atoms with E-state index in [-0.39, 0.29) is 23.0 Å². The average molecular weight is 296 g/mol. The Morgan fingerprint density at radius 1 is 1.45 bits per heavy atom. The molecular formula is C15H24N2O2S. The molecule has 0 saturated heterocycles. The molecule has 0 radical (unpaired) electrons. The maximum atomic E-state index is 11.8. The molecule has 20 heavy (non-hydrogen) atoms. The van der Waals surface area contributed by atoms with Gasteiger partial charge in [0.05, 0.1) is 16.7 Å². The maximum absolute atomic E-state index is 11.8. The maximum Gasteiger partial charge on any atom is 0.316 e. The Morgan fingerprint density at radius 3 is 2.65 bits per heavy atom. The van der Waals surface area contributed by atoms with Gasteiger partial charge in [-0.15, -0.1) is 11.8 Å². The molecule has 0 aromatic carbocycles. The van der Waals surface area contributed by atoms with Crippen LogP contribution in [0.15, 0.2) is 24.4 Å². The molecule has 0 fully saturated rings. The lowest BCUT2D eigenvalue weighted by Crippen LogP contribution is -2.29. The fourth-order valence-electron chi connectivity index (χ4n) is 1.72. The predicted octanol–water partition coefficient (Wildman–Crippen LogP) is 2.93. The predicted molar refractivity (Wildman–Crippen MR) is 83.5 cm³/mol. The highest BCUT2D eigenvalue weighted by atomic mass is 32.2. The fourth-order valence-corrected chi connectivity index (χ4v) is 2.84. The van der Waals surface area contributed by atoms with Crippen LogP contribution in [0.1, 0.15) is 45.1 Å². The molecule has 2 N–H and O–H groups in total. The molecule has 0 amide bonds. The molecule has 2 atom stereocenters. The monoisotopic (exact) mass is 296 g/mol. The van der Waals surface area contributed by atoms with E-state index in [0.717, 1.165) is 12.1 Å². The van der Waals surface area contributed by atoms with Crippen molar-refractivity contribution in [2.24, 2.45) is 5.73 Å². The Morgan fingerprint density at radius 2 is 2.15 bits per heavy atom. The van der Waals surface area contributed by atoms with Crippen LogP contribution in [0.2, 0.25) is 0 Å². The lowest BCUT2D eigenvalue weighted by molar-refractivity contribution is -0.151. The summed E-state index contributed by atoms with van der Waals surface area (Å²) < 4.78 is 5.32. The van der Waals surface area contributed by atoms with Crippen molar-refractivity contribution in [3.05, 3.63) is 30.1 Å². The highest BCUT2D eigenvalue weighted by Gasteiger charge is 2.23. The highest BCUT2D eigenvalue weighted by Crippen LogP contribution is 2.31. The fraction of sp³-hybridized carbons (Fsp3) is 0.600. The number of carbonyl (C=O) groups is 1. The molecule has 112 valence electrons. The third-order valence-corrected chi connectivity index (χ3v) is 3.99. The zero-order valence-electron chi connectivity index (χ0n) is 12.6. The van der Waals surface area contributed by atoms with Crippen molar-refractivity contribution in [3.63, 3.8) is 0 Å². The molecule has 1 heterocycles. The van der Waals surface area contributed by atoms with Gasteiger partial charge in [-0.1, -0.05) is 13.0 Å². The molecule has 4 nitrogen and oxygen atoms in total. The van der Waals surface area contributed by atoms with Gasteiger partial charge < -0.3 is 10.5 Å². The summed E-state index contributed by atoms with van der Waals surface area (Å²) in [6.45, 7) is 7.63. The average Bonchev–Trinajstić information content (AvgIpc) is 2.37. The Bertz CT molecular complexity index is 418. The van der Waals surface area contributed by atoms with Crippen molar-refractivity contribution in [1.29, 1.82) is 0 Å². The number of ether oxygens (including phenoxy) is 1. The van der Waals surface area contributed by atoms with Gasteiger partial charge in [-0.2, -0.15) is 0 Å². The van der Waals surface area contributed by atoms with Crippen LogP contribution in [-0.2, 0) is 9.53 Å². The van der Waals surface area contributed by atoms with E-state index in [1.54, 1.807) is 6.20 Å². The number of aromatic nitrogens is 1. The van der Waals surface area contributed by atoms with E-state index >= 15 is 0 Å². The SMILES string of the molecule is CCC(N)C(SCC(=O)OC(C)(C)C)c1ccccn1. The molecule has 0 aliphatic rings. The molecule has 0 bridgehead atoms. The van der Waals surface area contributed by atoms with Crippen LogP contribution >= 0.6 is 11.8 Å². The van der Waals surface area contributed by atoms with Gasteiger partial charge >= 0.3 is 5.97 Å². The minimum atomic E-state index is -0.453. The van der Waals surface area contributed by atoms with E-state index in [1.807, 2.05) is 45.9 Å².